The van der Waals surface area contributed by atoms with Crippen LogP contribution in [0.2, 0.25) is 0 Å². The van der Waals surface area contributed by atoms with E-state index >= 15 is 0 Å². The van der Waals surface area contributed by atoms with E-state index in [2.05, 4.69) is 27.7 Å². The van der Waals surface area contributed by atoms with Crippen molar-refractivity contribution in [1.82, 2.24) is 0 Å². The molecule has 3 heteroatoms. The van der Waals surface area contributed by atoms with Crippen molar-refractivity contribution in [3.05, 3.63) is 0 Å². The molecule has 0 heterocycles. The summed E-state index contributed by atoms with van der Waals surface area (Å²) < 4.78 is 0. The molecule has 0 spiro atoms. The average Bonchev–Trinajstić information content (AvgIpc) is 3.06. The van der Waals surface area contributed by atoms with Gasteiger partial charge in [0.25, 0.3) is 0 Å². The van der Waals surface area contributed by atoms with Crippen molar-refractivity contribution in [2.75, 3.05) is 6.61 Å². The maximum atomic E-state index is 11.4. The molecule has 11 atom stereocenters. The molecular weight excluding hydrogens is 372 g/mol. The lowest BCUT2D eigenvalue weighted by molar-refractivity contribution is -0.174. The van der Waals surface area contributed by atoms with Crippen LogP contribution in [0.3, 0.4) is 0 Å². The van der Waals surface area contributed by atoms with Gasteiger partial charge in [0.1, 0.15) is 0 Å². The van der Waals surface area contributed by atoms with Gasteiger partial charge in [0.05, 0.1) is 12.2 Å². The Morgan fingerprint density at radius 1 is 0.867 bits per heavy atom. The predicted molar refractivity (Wildman–Crippen MR) is 122 cm³/mol. The van der Waals surface area contributed by atoms with E-state index in [1.54, 1.807) is 0 Å². The van der Waals surface area contributed by atoms with Crippen LogP contribution in [0.4, 0.5) is 0 Å². The highest BCUT2D eigenvalue weighted by molar-refractivity contribution is 5.11. The van der Waals surface area contributed by atoms with Gasteiger partial charge in [-0.05, 0) is 110 Å². The molecule has 3 N–H and O–H groups in total. The molecule has 4 fully saturated rings. The monoisotopic (exact) mass is 420 g/mol. The van der Waals surface area contributed by atoms with Crippen molar-refractivity contribution in [2.24, 2.45) is 52.3 Å². The summed E-state index contributed by atoms with van der Waals surface area (Å²) in [7, 11) is 0. The van der Waals surface area contributed by atoms with Gasteiger partial charge >= 0.3 is 0 Å². The van der Waals surface area contributed by atoms with Crippen molar-refractivity contribution in [2.45, 2.75) is 111 Å². The highest BCUT2D eigenvalue weighted by Crippen LogP contribution is 2.68. The van der Waals surface area contributed by atoms with Crippen molar-refractivity contribution < 1.29 is 15.3 Å². The first kappa shape index (κ1) is 23.1. The highest BCUT2D eigenvalue weighted by atomic mass is 16.3. The molecular formula is C27H48O3. The summed E-state index contributed by atoms with van der Waals surface area (Å²) in [6.45, 7) is 10.0. The quantitative estimate of drug-likeness (QED) is 0.538. The summed E-state index contributed by atoms with van der Waals surface area (Å²) in [4.78, 5) is 0. The van der Waals surface area contributed by atoms with Crippen LogP contribution in [-0.4, -0.2) is 34.1 Å². The van der Waals surface area contributed by atoms with Gasteiger partial charge in [-0.15, -0.1) is 0 Å². The van der Waals surface area contributed by atoms with Gasteiger partial charge in [-0.2, -0.15) is 0 Å². The van der Waals surface area contributed by atoms with Crippen LogP contribution in [0.5, 0.6) is 0 Å². The normalized spacial score (nSPS) is 50.3. The summed E-state index contributed by atoms with van der Waals surface area (Å²) >= 11 is 0. The van der Waals surface area contributed by atoms with Crippen molar-refractivity contribution in [3.8, 4) is 0 Å². The van der Waals surface area contributed by atoms with Gasteiger partial charge in [0, 0.05) is 6.61 Å². The number of fused-ring (bicyclic) bond motifs is 5. The van der Waals surface area contributed by atoms with Crippen LogP contribution in [-0.2, 0) is 0 Å². The van der Waals surface area contributed by atoms with E-state index in [4.69, 9.17) is 0 Å². The Kier molecular flexibility index (Phi) is 6.66. The molecule has 0 aromatic carbocycles. The first-order valence-corrected chi connectivity index (χ1v) is 13.2. The van der Waals surface area contributed by atoms with Crippen LogP contribution < -0.4 is 0 Å². The molecule has 4 aliphatic rings. The molecule has 3 nitrogen and oxygen atoms in total. The first-order valence-electron chi connectivity index (χ1n) is 13.2. The second-order valence-electron chi connectivity index (χ2n) is 12.6. The first-order chi connectivity index (χ1) is 14.2. The fourth-order valence-electron chi connectivity index (χ4n) is 9.26. The zero-order chi connectivity index (χ0) is 21.7. The van der Waals surface area contributed by atoms with Crippen LogP contribution >= 0.6 is 0 Å². The summed E-state index contributed by atoms with van der Waals surface area (Å²) in [6.07, 6.45) is 12.5. The minimum absolute atomic E-state index is 0.147. The fraction of sp³-hybridized carbons (Fsp3) is 1.00. The van der Waals surface area contributed by atoms with Crippen LogP contribution in [0.1, 0.15) is 98.3 Å². The maximum absolute atomic E-state index is 11.4. The standard InChI is InChI=1S/C27H48O3/c1-17(16-28)6-5-7-18(2)21-8-9-22-25-23(11-13-27(21,22)4)26(3)12-10-20(29)14-19(26)15-24(25)30/h17-25,28-30H,5-16H2,1-4H3/t17?,18-,19-,20-,21-,22+,23+,24-,25+,26+,27-/m1/s1. The minimum atomic E-state index is -0.164. The third kappa shape index (κ3) is 3.79. The third-order valence-corrected chi connectivity index (χ3v) is 11.1. The van der Waals surface area contributed by atoms with Gasteiger partial charge in [0.2, 0.25) is 0 Å². The van der Waals surface area contributed by atoms with E-state index in [0.717, 1.165) is 43.9 Å². The van der Waals surface area contributed by atoms with E-state index in [1.165, 1.54) is 38.5 Å². The summed E-state index contributed by atoms with van der Waals surface area (Å²) in [6, 6.07) is 0. The highest BCUT2D eigenvalue weighted by Gasteiger charge is 2.62. The van der Waals surface area contributed by atoms with Crippen molar-refractivity contribution in [3.63, 3.8) is 0 Å². The molecule has 0 aliphatic heterocycles. The van der Waals surface area contributed by atoms with E-state index < -0.39 is 0 Å². The van der Waals surface area contributed by atoms with E-state index in [1.807, 2.05) is 0 Å². The van der Waals surface area contributed by atoms with Gasteiger partial charge in [0.15, 0.2) is 0 Å². The molecule has 0 aromatic rings. The number of hydrogen-bond acceptors (Lipinski definition) is 3. The van der Waals surface area contributed by atoms with Gasteiger partial charge < -0.3 is 15.3 Å². The van der Waals surface area contributed by atoms with Crippen LogP contribution in [0, 0.1) is 52.3 Å². The molecule has 0 saturated heterocycles. The number of aliphatic hydroxyl groups excluding tert-OH is 3. The number of hydrogen-bond donors (Lipinski definition) is 3. The van der Waals surface area contributed by atoms with Gasteiger partial charge in [-0.1, -0.05) is 40.5 Å². The maximum Gasteiger partial charge on any atom is 0.0577 e. The van der Waals surface area contributed by atoms with Crippen molar-refractivity contribution >= 4 is 0 Å². The van der Waals surface area contributed by atoms with Crippen LogP contribution in [0.25, 0.3) is 0 Å². The topological polar surface area (TPSA) is 60.7 Å². The Morgan fingerprint density at radius 2 is 1.57 bits per heavy atom. The second kappa shape index (κ2) is 8.67. The lowest BCUT2D eigenvalue weighted by Gasteiger charge is -2.62. The predicted octanol–water partition coefficient (Wildman–Crippen LogP) is 5.41. The Hall–Kier alpha value is -0.120. The SMILES string of the molecule is CC(CO)CCC[C@@H](C)[C@H]1CC[C@H]2[C@@H]3[C@H](O)C[C@H]4C[C@H](O)CC[C@]4(C)[C@H]3CC[C@]12C. The Bertz CT molecular complexity index is 593. The molecule has 0 aromatic heterocycles. The van der Waals surface area contributed by atoms with E-state index in [-0.39, 0.29) is 12.2 Å². The fourth-order valence-corrected chi connectivity index (χ4v) is 9.26. The van der Waals surface area contributed by atoms with E-state index in [9.17, 15) is 15.3 Å². The molecule has 30 heavy (non-hydrogen) atoms. The molecule has 0 amide bonds. The Morgan fingerprint density at radius 3 is 2.30 bits per heavy atom. The average molecular weight is 421 g/mol. The summed E-state index contributed by atoms with van der Waals surface area (Å²) in [5, 5.41) is 30.9. The number of aliphatic hydroxyl groups is 3. The molecule has 0 radical (unpaired) electrons. The number of rotatable bonds is 6. The smallest absolute Gasteiger partial charge is 0.0577 e. The lowest BCUT2D eigenvalue weighted by atomic mass is 9.43. The third-order valence-electron chi connectivity index (χ3n) is 11.1. The van der Waals surface area contributed by atoms with Gasteiger partial charge in [-0.3, -0.25) is 0 Å². The van der Waals surface area contributed by atoms with Gasteiger partial charge in [-0.25, -0.2) is 0 Å². The van der Waals surface area contributed by atoms with Crippen LogP contribution in [0.15, 0.2) is 0 Å². The van der Waals surface area contributed by atoms with Crippen molar-refractivity contribution in [1.29, 1.82) is 0 Å². The minimum Gasteiger partial charge on any atom is -0.396 e. The molecule has 4 rings (SSSR count). The summed E-state index contributed by atoms with van der Waals surface area (Å²) in [5.74, 6) is 4.28. The Balaban J connectivity index is 1.47. The zero-order valence-electron chi connectivity index (χ0n) is 20.0. The van der Waals surface area contributed by atoms with E-state index in [0.29, 0.717) is 47.0 Å². The molecule has 4 saturated carbocycles. The zero-order valence-corrected chi connectivity index (χ0v) is 20.0. The Labute approximate surface area is 185 Å². The largest absolute Gasteiger partial charge is 0.396 e. The molecule has 1 unspecified atom stereocenters. The molecule has 174 valence electrons. The molecule has 4 aliphatic carbocycles. The second-order valence-corrected chi connectivity index (χ2v) is 12.6. The molecule has 0 bridgehead atoms. The summed E-state index contributed by atoms with van der Waals surface area (Å²) in [5.41, 5.74) is 0.718. The lowest BCUT2D eigenvalue weighted by Crippen LogP contribution is -2.58.